The van der Waals surface area contributed by atoms with Crippen molar-refractivity contribution in [1.82, 2.24) is 4.90 Å². The largest absolute Gasteiger partial charge is 0.418 e. The minimum absolute atomic E-state index is 0.0816. The summed E-state index contributed by atoms with van der Waals surface area (Å²) >= 11 is 0. The predicted octanol–water partition coefficient (Wildman–Crippen LogP) is 3.35. The molecule has 1 saturated heterocycles. The van der Waals surface area contributed by atoms with Crippen molar-refractivity contribution in [2.75, 3.05) is 11.9 Å². The Morgan fingerprint density at radius 1 is 1.12 bits per heavy atom. The van der Waals surface area contributed by atoms with Crippen LogP contribution in [0.4, 0.5) is 18.9 Å². The van der Waals surface area contributed by atoms with E-state index in [4.69, 9.17) is 0 Å². The average molecular weight is 368 g/mol. The second-order valence-electron chi connectivity index (χ2n) is 6.89. The second kappa shape index (κ2) is 6.74. The van der Waals surface area contributed by atoms with E-state index in [0.29, 0.717) is 12.8 Å². The third kappa shape index (κ3) is 3.45. The highest BCUT2D eigenvalue weighted by Gasteiger charge is 2.51. The van der Waals surface area contributed by atoms with Crippen LogP contribution in [-0.2, 0) is 20.6 Å². The van der Waals surface area contributed by atoms with E-state index in [1.165, 1.54) is 12.1 Å². The van der Waals surface area contributed by atoms with E-state index in [2.05, 4.69) is 5.32 Å². The molecule has 0 atom stereocenters. The minimum Gasteiger partial charge on any atom is -0.324 e. The molecule has 0 bridgehead atoms. The van der Waals surface area contributed by atoms with E-state index in [-0.39, 0.29) is 12.3 Å². The lowest BCUT2D eigenvalue weighted by atomic mass is 9.73. The Morgan fingerprint density at radius 3 is 2.42 bits per heavy atom. The van der Waals surface area contributed by atoms with E-state index in [1.54, 1.807) is 0 Å². The number of para-hydroxylation sites is 1. The molecule has 1 N–H and O–H groups in total. The molecule has 3 rings (SSSR count). The zero-order valence-corrected chi connectivity index (χ0v) is 14.1. The zero-order chi connectivity index (χ0) is 18.9. The van der Waals surface area contributed by atoms with Crippen molar-refractivity contribution in [2.45, 2.75) is 44.7 Å². The summed E-state index contributed by atoms with van der Waals surface area (Å²) in [5.41, 5.74) is -2.09. The first kappa shape index (κ1) is 18.4. The van der Waals surface area contributed by atoms with Gasteiger partial charge < -0.3 is 5.32 Å². The molecule has 1 aliphatic carbocycles. The Hall–Kier alpha value is -2.38. The van der Waals surface area contributed by atoms with Crippen LogP contribution in [0.2, 0.25) is 0 Å². The topological polar surface area (TPSA) is 66.5 Å². The molecular formula is C18H19F3N2O3. The molecular weight excluding hydrogens is 349 g/mol. The quantitative estimate of drug-likeness (QED) is 0.832. The first-order valence-electron chi connectivity index (χ1n) is 8.54. The molecule has 1 aromatic rings. The summed E-state index contributed by atoms with van der Waals surface area (Å²) in [6, 6.07) is 4.59. The average Bonchev–Trinajstić information content (AvgIpc) is 2.79. The van der Waals surface area contributed by atoms with Crippen LogP contribution in [0.25, 0.3) is 0 Å². The molecule has 0 aromatic heterocycles. The number of carbonyl (C=O) groups excluding carboxylic acids is 3. The molecule has 140 valence electrons. The van der Waals surface area contributed by atoms with E-state index < -0.39 is 41.2 Å². The van der Waals surface area contributed by atoms with Gasteiger partial charge in [0, 0.05) is 6.42 Å². The highest BCUT2D eigenvalue weighted by molar-refractivity contribution is 6.09. The number of rotatable bonds is 3. The molecule has 2 aliphatic rings. The van der Waals surface area contributed by atoms with Gasteiger partial charge in [-0.05, 0) is 25.0 Å². The smallest absolute Gasteiger partial charge is 0.324 e. The fourth-order valence-corrected chi connectivity index (χ4v) is 3.81. The lowest BCUT2D eigenvalue weighted by Gasteiger charge is -2.30. The van der Waals surface area contributed by atoms with E-state index in [0.717, 1.165) is 36.3 Å². The number of nitrogens with one attached hydrogen (secondary N) is 1. The summed E-state index contributed by atoms with van der Waals surface area (Å²) in [4.78, 5) is 37.9. The van der Waals surface area contributed by atoms with Gasteiger partial charge in [0.1, 0.15) is 6.54 Å². The van der Waals surface area contributed by atoms with Crippen molar-refractivity contribution < 1.29 is 27.6 Å². The first-order valence-corrected chi connectivity index (χ1v) is 8.54. The van der Waals surface area contributed by atoms with Gasteiger partial charge in [-0.1, -0.05) is 31.4 Å². The Morgan fingerprint density at radius 2 is 1.77 bits per heavy atom. The lowest BCUT2D eigenvalue weighted by molar-refractivity contribution is -0.144. The van der Waals surface area contributed by atoms with Crippen LogP contribution in [0.15, 0.2) is 24.3 Å². The number of anilines is 1. The molecule has 0 unspecified atom stereocenters. The van der Waals surface area contributed by atoms with Crippen molar-refractivity contribution in [2.24, 2.45) is 5.41 Å². The van der Waals surface area contributed by atoms with Gasteiger partial charge in [-0.25, -0.2) is 0 Å². The van der Waals surface area contributed by atoms with Crippen LogP contribution in [0.5, 0.6) is 0 Å². The van der Waals surface area contributed by atoms with Crippen LogP contribution >= 0.6 is 0 Å². The Labute approximate surface area is 148 Å². The SMILES string of the molecule is O=C(CN1C(=O)CC2(CCCCC2)C1=O)Nc1ccccc1C(F)(F)F. The molecule has 1 saturated carbocycles. The summed E-state index contributed by atoms with van der Waals surface area (Å²) in [5, 5.41) is 2.17. The predicted molar refractivity (Wildman–Crippen MR) is 86.9 cm³/mol. The molecule has 1 aromatic carbocycles. The Kier molecular flexibility index (Phi) is 4.77. The summed E-state index contributed by atoms with van der Waals surface area (Å²) in [6.45, 7) is -0.564. The highest BCUT2D eigenvalue weighted by atomic mass is 19.4. The number of hydrogen-bond donors (Lipinski definition) is 1. The van der Waals surface area contributed by atoms with Crippen LogP contribution < -0.4 is 5.32 Å². The van der Waals surface area contributed by atoms with Crippen LogP contribution in [-0.4, -0.2) is 29.2 Å². The molecule has 26 heavy (non-hydrogen) atoms. The van der Waals surface area contributed by atoms with Crippen molar-refractivity contribution in [1.29, 1.82) is 0 Å². The second-order valence-corrected chi connectivity index (χ2v) is 6.89. The lowest BCUT2D eigenvalue weighted by Crippen LogP contribution is -2.41. The van der Waals surface area contributed by atoms with Crippen molar-refractivity contribution in [3.05, 3.63) is 29.8 Å². The molecule has 3 amide bonds. The standard InChI is InChI=1S/C18H19F3N2O3/c19-18(20,21)12-6-2-3-7-13(12)22-14(24)11-23-15(25)10-17(16(23)26)8-4-1-5-9-17/h2-3,6-7H,1,4-5,8-11H2,(H,22,24). The van der Waals surface area contributed by atoms with Crippen LogP contribution in [0.3, 0.4) is 0 Å². The maximum absolute atomic E-state index is 13.0. The van der Waals surface area contributed by atoms with E-state index in [9.17, 15) is 27.6 Å². The monoisotopic (exact) mass is 368 g/mol. The van der Waals surface area contributed by atoms with E-state index >= 15 is 0 Å². The Bertz CT molecular complexity index is 739. The van der Waals surface area contributed by atoms with Crippen molar-refractivity contribution >= 4 is 23.4 Å². The summed E-state index contributed by atoms with van der Waals surface area (Å²) < 4.78 is 39.0. The number of amides is 3. The molecule has 2 fully saturated rings. The molecule has 5 nitrogen and oxygen atoms in total. The normalized spacial score (nSPS) is 19.9. The van der Waals surface area contributed by atoms with Gasteiger partial charge >= 0.3 is 6.18 Å². The zero-order valence-electron chi connectivity index (χ0n) is 14.1. The van der Waals surface area contributed by atoms with E-state index in [1.807, 2.05) is 0 Å². The van der Waals surface area contributed by atoms with Crippen LogP contribution in [0.1, 0.15) is 44.1 Å². The number of benzene rings is 1. The number of halogens is 3. The van der Waals surface area contributed by atoms with Gasteiger partial charge in [0.15, 0.2) is 0 Å². The third-order valence-corrected chi connectivity index (χ3v) is 5.11. The number of imide groups is 1. The number of alkyl halides is 3. The maximum atomic E-state index is 13.0. The van der Waals surface area contributed by atoms with Crippen molar-refractivity contribution in [3.63, 3.8) is 0 Å². The molecule has 8 heteroatoms. The van der Waals surface area contributed by atoms with Gasteiger partial charge in [0.25, 0.3) is 0 Å². The molecule has 1 aliphatic heterocycles. The number of likely N-dealkylation sites (tertiary alicyclic amines) is 1. The fraction of sp³-hybridized carbons (Fsp3) is 0.500. The van der Waals surface area contributed by atoms with Gasteiger partial charge in [0.2, 0.25) is 17.7 Å². The summed E-state index contributed by atoms with van der Waals surface area (Å²) in [7, 11) is 0. The number of hydrogen-bond acceptors (Lipinski definition) is 3. The molecule has 0 radical (unpaired) electrons. The molecule has 1 spiro atoms. The van der Waals surface area contributed by atoms with Gasteiger partial charge in [0.05, 0.1) is 16.7 Å². The van der Waals surface area contributed by atoms with Crippen LogP contribution in [0, 0.1) is 5.41 Å². The minimum atomic E-state index is -4.62. The van der Waals surface area contributed by atoms with Crippen molar-refractivity contribution in [3.8, 4) is 0 Å². The van der Waals surface area contributed by atoms with Gasteiger partial charge in [-0.3, -0.25) is 19.3 Å². The Balaban J connectivity index is 1.71. The first-order chi connectivity index (χ1) is 12.2. The van der Waals surface area contributed by atoms with Gasteiger partial charge in [-0.2, -0.15) is 13.2 Å². The molecule has 1 heterocycles. The summed E-state index contributed by atoms with van der Waals surface area (Å²) in [5.74, 6) is -1.63. The fourth-order valence-electron chi connectivity index (χ4n) is 3.81. The maximum Gasteiger partial charge on any atom is 0.418 e. The summed E-state index contributed by atoms with van der Waals surface area (Å²) in [6.07, 6.45) is -0.569. The highest BCUT2D eigenvalue weighted by Crippen LogP contribution is 2.45. The number of carbonyl (C=O) groups is 3. The number of nitrogens with zero attached hydrogens (tertiary/aromatic N) is 1. The third-order valence-electron chi connectivity index (χ3n) is 5.11. The van der Waals surface area contributed by atoms with Gasteiger partial charge in [-0.15, -0.1) is 0 Å².